The second-order valence-corrected chi connectivity index (χ2v) is 7.90. The van der Waals surface area contributed by atoms with Gasteiger partial charge in [-0.1, -0.05) is 24.6 Å². The minimum atomic E-state index is 0.0628. The van der Waals surface area contributed by atoms with Crippen molar-refractivity contribution in [3.8, 4) is 5.75 Å². The summed E-state index contributed by atoms with van der Waals surface area (Å²) >= 11 is 0. The molecule has 5 nitrogen and oxygen atoms in total. The van der Waals surface area contributed by atoms with Crippen LogP contribution in [-0.4, -0.2) is 67.7 Å². The second kappa shape index (κ2) is 10.5. The number of guanidine groups is 1. The number of nitrogens with zero attached hydrogens (tertiary/aromatic N) is 3. The van der Waals surface area contributed by atoms with E-state index in [9.17, 15) is 0 Å². The fourth-order valence-corrected chi connectivity index (χ4v) is 4.09. The molecule has 2 saturated heterocycles. The quantitative estimate of drug-likeness (QED) is 0.589. The SMILES string of the molecule is CCNC(=NCC(C)Oc1ccccc1)N1CCC(CN2CCCCC2)C1. The molecule has 1 aromatic carbocycles. The zero-order chi connectivity index (χ0) is 18.9. The van der Waals surface area contributed by atoms with E-state index in [2.05, 4.69) is 29.0 Å². The minimum absolute atomic E-state index is 0.0628. The van der Waals surface area contributed by atoms with E-state index < -0.39 is 0 Å². The number of rotatable bonds is 7. The second-order valence-electron chi connectivity index (χ2n) is 7.90. The molecule has 1 aromatic rings. The van der Waals surface area contributed by atoms with Crippen molar-refractivity contribution in [1.82, 2.24) is 15.1 Å². The molecular formula is C22H36N4O. The Morgan fingerprint density at radius 3 is 2.70 bits per heavy atom. The van der Waals surface area contributed by atoms with Crippen LogP contribution in [0.1, 0.15) is 39.5 Å². The molecule has 5 heteroatoms. The van der Waals surface area contributed by atoms with Gasteiger partial charge in [0.1, 0.15) is 11.9 Å². The molecule has 2 heterocycles. The lowest BCUT2D eigenvalue weighted by Gasteiger charge is -2.29. The van der Waals surface area contributed by atoms with Gasteiger partial charge >= 0.3 is 0 Å². The van der Waals surface area contributed by atoms with Gasteiger partial charge in [0.2, 0.25) is 0 Å². The van der Waals surface area contributed by atoms with E-state index in [1.54, 1.807) is 0 Å². The Labute approximate surface area is 164 Å². The Morgan fingerprint density at radius 1 is 1.19 bits per heavy atom. The maximum absolute atomic E-state index is 5.97. The summed E-state index contributed by atoms with van der Waals surface area (Å²) in [4.78, 5) is 9.97. The molecule has 2 unspecified atom stereocenters. The average molecular weight is 373 g/mol. The number of nitrogens with one attached hydrogen (secondary N) is 1. The van der Waals surface area contributed by atoms with E-state index in [1.165, 1.54) is 45.3 Å². The number of para-hydroxylation sites is 1. The van der Waals surface area contributed by atoms with Gasteiger partial charge in [-0.05, 0) is 64.3 Å². The highest BCUT2D eigenvalue weighted by atomic mass is 16.5. The molecular weight excluding hydrogens is 336 g/mol. The molecule has 0 bridgehead atoms. The third-order valence-electron chi connectivity index (χ3n) is 5.46. The Morgan fingerprint density at radius 2 is 1.96 bits per heavy atom. The molecule has 3 rings (SSSR count). The Kier molecular flexibility index (Phi) is 7.81. The normalized spacial score (nSPS) is 22.7. The van der Waals surface area contributed by atoms with E-state index in [0.29, 0.717) is 6.54 Å². The van der Waals surface area contributed by atoms with Crippen LogP contribution in [0.15, 0.2) is 35.3 Å². The summed E-state index contributed by atoms with van der Waals surface area (Å²) in [6, 6.07) is 10.0. The summed E-state index contributed by atoms with van der Waals surface area (Å²) in [5.41, 5.74) is 0. The number of aliphatic imine (C=N–C) groups is 1. The van der Waals surface area contributed by atoms with Gasteiger partial charge in [-0.3, -0.25) is 0 Å². The average Bonchev–Trinajstić information content (AvgIpc) is 3.15. The molecule has 2 aliphatic heterocycles. The molecule has 2 atom stereocenters. The Balaban J connectivity index is 1.49. The monoisotopic (exact) mass is 372 g/mol. The lowest BCUT2D eigenvalue weighted by molar-refractivity contribution is 0.198. The van der Waals surface area contributed by atoms with E-state index >= 15 is 0 Å². The molecule has 0 aliphatic carbocycles. The van der Waals surface area contributed by atoms with Crippen molar-refractivity contribution >= 4 is 5.96 Å². The first-order valence-electron chi connectivity index (χ1n) is 10.7. The van der Waals surface area contributed by atoms with Crippen LogP contribution >= 0.6 is 0 Å². The number of ether oxygens (including phenoxy) is 1. The molecule has 150 valence electrons. The van der Waals surface area contributed by atoms with Crippen molar-refractivity contribution in [2.24, 2.45) is 10.9 Å². The summed E-state index contributed by atoms with van der Waals surface area (Å²) < 4.78 is 5.97. The first kappa shape index (κ1) is 20.0. The van der Waals surface area contributed by atoms with Gasteiger partial charge in [0.15, 0.2) is 5.96 Å². The van der Waals surface area contributed by atoms with Crippen molar-refractivity contribution < 1.29 is 4.74 Å². The first-order chi connectivity index (χ1) is 13.2. The van der Waals surface area contributed by atoms with Crippen LogP contribution in [0.5, 0.6) is 5.75 Å². The molecule has 2 aliphatic rings. The zero-order valence-corrected chi connectivity index (χ0v) is 17.1. The maximum Gasteiger partial charge on any atom is 0.194 e. The largest absolute Gasteiger partial charge is 0.489 e. The number of likely N-dealkylation sites (tertiary alicyclic amines) is 2. The molecule has 0 aromatic heterocycles. The molecule has 0 spiro atoms. The van der Waals surface area contributed by atoms with Crippen molar-refractivity contribution in [3.05, 3.63) is 30.3 Å². The summed E-state index contributed by atoms with van der Waals surface area (Å²) in [5.74, 6) is 2.72. The van der Waals surface area contributed by atoms with Gasteiger partial charge in [-0.2, -0.15) is 0 Å². The highest BCUT2D eigenvalue weighted by Gasteiger charge is 2.27. The number of hydrogen-bond donors (Lipinski definition) is 1. The smallest absolute Gasteiger partial charge is 0.194 e. The molecule has 0 amide bonds. The van der Waals surface area contributed by atoms with Crippen LogP contribution < -0.4 is 10.1 Å². The highest BCUT2D eigenvalue weighted by molar-refractivity contribution is 5.80. The van der Waals surface area contributed by atoms with E-state index in [4.69, 9.17) is 9.73 Å². The van der Waals surface area contributed by atoms with Crippen molar-refractivity contribution in [2.75, 3.05) is 45.8 Å². The molecule has 1 N–H and O–H groups in total. The summed E-state index contributed by atoms with van der Waals surface area (Å²) in [7, 11) is 0. The Hall–Kier alpha value is -1.75. The lowest BCUT2D eigenvalue weighted by atomic mass is 10.1. The number of benzene rings is 1. The van der Waals surface area contributed by atoms with Crippen molar-refractivity contribution in [1.29, 1.82) is 0 Å². The fourth-order valence-electron chi connectivity index (χ4n) is 4.09. The van der Waals surface area contributed by atoms with Gasteiger partial charge in [0, 0.05) is 26.2 Å². The highest BCUT2D eigenvalue weighted by Crippen LogP contribution is 2.20. The van der Waals surface area contributed by atoms with Crippen LogP contribution in [0.3, 0.4) is 0 Å². The number of hydrogen-bond acceptors (Lipinski definition) is 3. The van der Waals surface area contributed by atoms with Gasteiger partial charge in [-0.15, -0.1) is 0 Å². The molecule has 2 fully saturated rings. The van der Waals surface area contributed by atoms with Crippen LogP contribution in [0.4, 0.5) is 0 Å². The summed E-state index contributed by atoms with van der Waals surface area (Å²) in [6.07, 6.45) is 5.50. The van der Waals surface area contributed by atoms with Crippen LogP contribution in [0, 0.1) is 5.92 Å². The lowest BCUT2D eigenvalue weighted by Crippen LogP contribution is -2.41. The van der Waals surface area contributed by atoms with Crippen LogP contribution in [0.25, 0.3) is 0 Å². The molecule has 27 heavy (non-hydrogen) atoms. The molecule has 0 saturated carbocycles. The first-order valence-corrected chi connectivity index (χ1v) is 10.7. The number of piperidine rings is 1. The molecule has 0 radical (unpaired) electrons. The third-order valence-corrected chi connectivity index (χ3v) is 5.46. The van der Waals surface area contributed by atoms with Gasteiger partial charge in [0.05, 0.1) is 6.54 Å². The van der Waals surface area contributed by atoms with Crippen molar-refractivity contribution in [3.63, 3.8) is 0 Å². The van der Waals surface area contributed by atoms with Crippen molar-refractivity contribution in [2.45, 2.75) is 45.6 Å². The standard InChI is InChI=1S/C22H36N4O/c1-3-23-22(24-16-19(2)27-21-10-6-4-7-11-21)26-15-12-20(18-26)17-25-13-8-5-9-14-25/h4,6-7,10-11,19-20H,3,5,8-9,12-18H2,1-2H3,(H,23,24). The Bertz CT molecular complexity index is 571. The van der Waals surface area contributed by atoms with Gasteiger partial charge in [0.25, 0.3) is 0 Å². The van der Waals surface area contributed by atoms with Gasteiger partial charge < -0.3 is 19.9 Å². The summed E-state index contributed by atoms with van der Waals surface area (Å²) in [6.45, 7) is 11.9. The van der Waals surface area contributed by atoms with E-state index in [0.717, 1.165) is 37.3 Å². The van der Waals surface area contributed by atoms with Crippen LogP contribution in [-0.2, 0) is 0 Å². The minimum Gasteiger partial charge on any atom is -0.489 e. The topological polar surface area (TPSA) is 40.1 Å². The zero-order valence-electron chi connectivity index (χ0n) is 17.1. The predicted octanol–water partition coefficient (Wildman–Crippen LogP) is 3.23. The fraction of sp³-hybridized carbons (Fsp3) is 0.682. The van der Waals surface area contributed by atoms with E-state index in [-0.39, 0.29) is 6.10 Å². The van der Waals surface area contributed by atoms with Gasteiger partial charge in [-0.25, -0.2) is 4.99 Å². The van der Waals surface area contributed by atoms with E-state index in [1.807, 2.05) is 30.3 Å². The maximum atomic E-state index is 5.97. The predicted molar refractivity (Wildman–Crippen MR) is 112 cm³/mol. The summed E-state index contributed by atoms with van der Waals surface area (Å²) in [5, 5.41) is 3.47. The van der Waals surface area contributed by atoms with Crippen LogP contribution in [0.2, 0.25) is 0 Å². The third kappa shape index (κ3) is 6.42.